The zero-order valence-electron chi connectivity index (χ0n) is 4.73. The molecule has 0 aliphatic rings. The van der Waals surface area contributed by atoms with Crippen molar-refractivity contribution in [3.8, 4) is 0 Å². The highest BCUT2D eigenvalue weighted by atomic mass is 16.7. The second-order valence-electron chi connectivity index (χ2n) is 1.05. The van der Waals surface area contributed by atoms with Crippen LogP contribution in [0.4, 0.5) is 0 Å². The van der Waals surface area contributed by atoms with Crippen LogP contribution in [0.1, 0.15) is 0 Å². The van der Waals surface area contributed by atoms with Crippen LogP contribution in [0, 0.1) is 0 Å². The van der Waals surface area contributed by atoms with Crippen LogP contribution in [0.5, 0.6) is 0 Å². The van der Waals surface area contributed by atoms with Crippen LogP contribution < -0.4 is 5.48 Å². The Labute approximate surface area is 43.6 Å². The van der Waals surface area contributed by atoms with E-state index in [2.05, 4.69) is 10.2 Å². The van der Waals surface area contributed by atoms with E-state index >= 15 is 0 Å². The second kappa shape index (κ2) is 5.88. The number of hydroxylamine groups is 1. The molecule has 0 aromatic carbocycles. The lowest BCUT2D eigenvalue weighted by molar-refractivity contribution is 0.0190. The van der Waals surface area contributed by atoms with E-state index in [-0.39, 0.29) is 0 Å². The van der Waals surface area contributed by atoms with Gasteiger partial charge in [0.05, 0.1) is 13.2 Å². The molecule has 0 atom stereocenters. The Hall–Kier alpha value is -0.120. The number of methoxy groups -OCH3 is 1. The van der Waals surface area contributed by atoms with Crippen molar-refractivity contribution in [2.45, 2.75) is 0 Å². The number of ether oxygens (including phenoxy) is 1. The summed E-state index contributed by atoms with van der Waals surface area (Å²) in [5, 5.41) is 0. The van der Waals surface area contributed by atoms with Crippen LogP contribution in [0.15, 0.2) is 0 Å². The van der Waals surface area contributed by atoms with Gasteiger partial charge in [0.2, 0.25) is 0 Å². The molecule has 0 aromatic heterocycles. The lowest BCUT2D eigenvalue weighted by atomic mass is 10.8. The normalized spacial score (nSPS) is 9.43. The summed E-state index contributed by atoms with van der Waals surface area (Å²) in [4.78, 5) is 4.70. The Kier molecular flexibility index (Phi) is 5.78. The van der Waals surface area contributed by atoms with Gasteiger partial charge in [-0.25, -0.2) is 5.48 Å². The molecular weight excluding hydrogens is 94.0 g/mol. The number of hydrogen-bond acceptors (Lipinski definition) is 3. The third-order valence-corrected chi connectivity index (χ3v) is 0.534. The van der Waals surface area contributed by atoms with Crippen molar-refractivity contribution in [2.24, 2.45) is 0 Å². The summed E-state index contributed by atoms with van der Waals surface area (Å²) in [5.74, 6) is 0. The largest absolute Gasteiger partial charge is 0.382 e. The third kappa shape index (κ3) is 5.88. The minimum atomic E-state index is 0.604. The average Bonchev–Trinajstić information content (AvgIpc) is 1.69. The van der Waals surface area contributed by atoms with E-state index in [1.165, 1.54) is 0 Å². The van der Waals surface area contributed by atoms with E-state index in [9.17, 15) is 0 Å². The molecule has 0 saturated heterocycles. The van der Waals surface area contributed by atoms with E-state index in [1.807, 2.05) is 0 Å². The summed E-state index contributed by atoms with van der Waals surface area (Å²) < 4.78 is 4.68. The van der Waals surface area contributed by atoms with Crippen molar-refractivity contribution in [1.82, 2.24) is 5.48 Å². The fourth-order valence-corrected chi connectivity index (χ4v) is 0.227. The fraction of sp³-hybridized carbons (Fsp3) is 1.00. The molecular formula is C4H11NO2. The Balaban J connectivity index is 2.45. The van der Waals surface area contributed by atoms with Crippen LogP contribution in [-0.2, 0) is 9.57 Å². The first-order valence-electron chi connectivity index (χ1n) is 2.19. The van der Waals surface area contributed by atoms with E-state index in [4.69, 9.17) is 4.84 Å². The number of nitrogens with one attached hydrogen (secondary N) is 1. The molecule has 7 heavy (non-hydrogen) atoms. The standard InChI is InChI=1S/C4H11NO2/c1-5-7-4-3-6-2/h5H,3-4H2,1-2H3. The van der Waals surface area contributed by atoms with Crippen molar-refractivity contribution in [3.05, 3.63) is 0 Å². The van der Waals surface area contributed by atoms with Crippen LogP contribution in [0.2, 0.25) is 0 Å². The molecule has 3 nitrogen and oxygen atoms in total. The molecule has 0 radical (unpaired) electrons. The SMILES string of the molecule is CNOCCOC. The van der Waals surface area contributed by atoms with Crippen LogP contribution in [0.3, 0.4) is 0 Å². The maximum Gasteiger partial charge on any atom is 0.0915 e. The quantitative estimate of drug-likeness (QED) is 0.396. The van der Waals surface area contributed by atoms with Gasteiger partial charge >= 0.3 is 0 Å². The molecule has 44 valence electrons. The van der Waals surface area contributed by atoms with Crippen LogP contribution >= 0.6 is 0 Å². The van der Waals surface area contributed by atoms with Crippen molar-refractivity contribution >= 4 is 0 Å². The molecule has 0 heterocycles. The maximum absolute atomic E-state index is 4.70. The van der Waals surface area contributed by atoms with E-state index in [0.29, 0.717) is 13.2 Å². The van der Waals surface area contributed by atoms with Gasteiger partial charge in [0.25, 0.3) is 0 Å². The van der Waals surface area contributed by atoms with E-state index < -0.39 is 0 Å². The number of rotatable bonds is 4. The molecule has 0 amide bonds. The highest BCUT2D eigenvalue weighted by molar-refractivity contribution is 4.18. The van der Waals surface area contributed by atoms with Gasteiger partial charge in [-0.3, -0.25) is 4.84 Å². The predicted molar refractivity (Wildman–Crippen MR) is 26.9 cm³/mol. The van der Waals surface area contributed by atoms with Gasteiger partial charge in [-0.15, -0.1) is 0 Å². The molecule has 0 rings (SSSR count). The predicted octanol–water partition coefficient (Wildman–Crippen LogP) is -0.216. The summed E-state index contributed by atoms with van der Waals surface area (Å²) in [5.41, 5.74) is 2.52. The average molecular weight is 105 g/mol. The van der Waals surface area contributed by atoms with Crippen LogP contribution in [0.25, 0.3) is 0 Å². The molecule has 1 N–H and O–H groups in total. The van der Waals surface area contributed by atoms with Crippen molar-refractivity contribution in [2.75, 3.05) is 27.4 Å². The van der Waals surface area contributed by atoms with Crippen molar-refractivity contribution < 1.29 is 9.57 Å². The minimum absolute atomic E-state index is 0.604. The monoisotopic (exact) mass is 105 g/mol. The van der Waals surface area contributed by atoms with Crippen LogP contribution in [-0.4, -0.2) is 27.4 Å². The van der Waals surface area contributed by atoms with Gasteiger partial charge in [-0.2, -0.15) is 0 Å². The highest BCUT2D eigenvalue weighted by Gasteiger charge is 1.77. The first kappa shape index (κ1) is 6.88. The first-order valence-corrected chi connectivity index (χ1v) is 2.19. The molecule has 0 aliphatic carbocycles. The van der Waals surface area contributed by atoms with Gasteiger partial charge in [0.1, 0.15) is 0 Å². The summed E-state index contributed by atoms with van der Waals surface area (Å²) in [7, 11) is 3.36. The first-order chi connectivity index (χ1) is 3.41. The second-order valence-corrected chi connectivity index (χ2v) is 1.05. The zero-order chi connectivity index (χ0) is 5.54. The van der Waals surface area contributed by atoms with Gasteiger partial charge in [0.15, 0.2) is 0 Å². The third-order valence-electron chi connectivity index (χ3n) is 0.534. The van der Waals surface area contributed by atoms with Crippen molar-refractivity contribution in [3.63, 3.8) is 0 Å². The van der Waals surface area contributed by atoms with Gasteiger partial charge in [-0.05, 0) is 0 Å². The fourth-order valence-electron chi connectivity index (χ4n) is 0.227. The molecule has 0 saturated carbocycles. The highest BCUT2D eigenvalue weighted by Crippen LogP contribution is 1.65. The van der Waals surface area contributed by atoms with Crippen molar-refractivity contribution in [1.29, 1.82) is 0 Å². The van der Waals surface area contributed by atoms with Gasteiger partial charge < -0.3 is 4.74 Å². The topological polar surface area (TPSA) is 30.5 Å². The molecule has 0 bridgehead atoms. The Morgan fingerprint density at radius 3 is 2.57 bits per heavy atom. The smallest absolute Gasteiger partial charge is 0.0915 e. The van der Waals surface area contributed by atoms with E-state index in [0.717, 1.165) is 0 Å². The summed E-state index contributed by atoms with van der Waals surface area (Å²) in [6.07, 6.45) is 0. The molecule has 0 fully saturated rings. The molecule has 0 unspecified atom stereocenters. The molecule has 0 aromatic rings. The summed E-state index contributed by atoms with van der Waals surface area (Å²) >= 11 is 0. The summed E-state index contributed by atoms with van der Waals surface area (Å²) in [6.45, 7) is 1.24. The molecule has 0 spiro atoms. The van der Waals surface area contributed by atoms with Gasteiger partial charge in [-0.1, -0.05) is 0 Å². The Morgan fingerprint density at radius 2 is 2.14 bits per heavy atom. The zero-order valence-corrected chi connectivity index (χ0v) is 4.73. The molecule has 3 heteroatoms. The Bertz CT molecular complexity index is 28.9. The van der Waals surface area contributed by atoms with E-state index in [1.54, 1.807) is 14.2 Å². The lowest BCUT2D eigenvalue weighted by Gasteiger charge is -1.96. The van der Waals surface area contributed by atoms with Gasteiger partial charge in [0, 0.05) is 14.2 Å². The Morgan fingerprint density at radius 1 is 1.43 bits per heavy atom. The summed E-state index contributed by atoms with van der Waals surface area (Å²) in [6, 6.07) is 0. The number of hydrogen-bond donors (Lipinski definition) is 1. The minimum Gasteiger partial charge on any atom is -0.382 e. The lowest BCUT2D eigenvalue weighted by Crippen LogP contribution is -2.11. The maximum atomic E-state index is 4.70. The molecule has 0 aliphatic heterocycles.